The Morgan fingerprint density at radius 1 is 0.862 bits per heavy atom. The standard InChI is InChI=1S/C20H23O8P/c1-12(8-13-6-7-15(24-2)16(9-13)28-29(22)23)19(21)14-10-17(25-3)20(27-5)18(11-14)26-4/h6-11,22-23H,1-5H3/b12-8+. The fourth-order valence-corrected chi connectivity index (χ4v) is 3.02. The molecule has 9 heteroatoms. The molecule has 29 heavy (non-hydrogen) atoms. The molecule has 0 fully saturated rings. The number of Topliss-reactive ketones (excluding diaryl/α,β-unsaturated/α-hetero) is 1. The lowest BCUT2D eigenvalue weighted by molar-refractivity contribution is 0.103. The van der Waals surface area contributed by atoms with E-state index in [2.05, 4.69) is 0 Å². The number of hydrogen-bond acceptors (Lipinski definition) is 8. The van der Waals surface area contributed by atoms with Gasteiger partial charge in [0.2, 0.25) is 5.75 Å². The summed E-state index contributed by atoms with van der Waals surface area (Å²) in [6.07, 6.45) is 1.65. The first-order chi connectivity index (χ1) is 13.8. The lowest BCUT2D eigenvalue weighted by Gasteiger charge is -2.14. The van der Waals surface area contributed by atoms with Gasteiger partial charge in [-0.15, -0.1) is 0 Å². The molecule has 2 aromatic carbocycles. The van der Waals surface area contributed by atoms with Crippen molar-refractivity contribution in [3.63, 3.8) is 0 Å². The van der Waals surface area contributed by atoms with E-state index in [-0.39, 0.29) is 11.5 Å². The Hall–Kier alpha value is -2.80. The first-order valence-corrected chi connectivity index (χ1v) is 9.58. The third-order valence-electron chi connectivity index (χ3n) is 4.04. The van der Waals surface area contributed by atoms with E-state index in [9.17, 15) is 4.79 Å². The fourth-order valence-electron chi connectivity index (χ4n) is 2.70. The summed E-state index contributed by atoms with van der Waals surface area (Å²) in [7, 11) is 3.27. The van der Waals surface area contributed by atoms with Gasteiger partial charge < -0.3 is 33.3 Å². The van der Waals surface area contributed by atoms with Crippen LogP contribution in [0, 0.1) is 0 Å². The third-order valence-corrected chi connectivity index (χ3v) is 4.40. The summed E-state index contributed by atoms with van der Waals surface area (Å²) in [5.41, 5.74) is 1.43. The van der Waals surface area contributed by atoms with E-state index in [1.54, 1.807) is 43.3 Å². The second-order valence-corrected chi connectivity index (χ2v) is 6.51. The van der Waals surface area contributed by atoms with E-state index < -0.39 is 8.60 Å². The zero-order valence-electron chi connectivity index (χ0n) is 16.8. The number of methoxy groups -OCH3 is 4. The van der Waals surface area contributed by atoms with Gasteiger partial charge in [0.25, 0.3) is 0 Å². The van der Waals surface area contributed by atoms with Gasteiger partial charge in [0.15, 0.2) is 28.8 Å². The molecule has 0 saturated heterocycles. The van der Waals surface area contributed by atoms with Crippen molar-refractivity contribution in [3.8, 4) is 28.7 Å². The normalized spacial score (nSPS) is 11.2. The van der Waals surface area contributed by atoms with Gasteiger partial charge in [0, 0.05) is 5.56 Å². The minimum absolute atomic E-state index is 0.158. The molecule has 8 nitrogen and oxygen atoms in total. The molecule has 2 rings (SSSR count). The van der Waals surface area contributed by atoms with Crippen LogP contribution in [-0.4, -0.2) is 44.0 Å². The van der Waals surface area contributed by atoms with E-state index in [1.807, 2.05) is 0 Å². The van der Waals surface area contributed by atoms with Crippen molar-refractivity contribution in [3.05, 3.63) is 47.0 Å². The molecule has 0 saturated carbocycles. The Labute approximate surface area is 170 Å². The zero-order valence-corrected chi connectivity index (χ0v) is 17.6. The Balaban J connectivity index is 2.40. The molecule has 2 aromatic rings. The van der Waals surface area contributed by atoms with Crippen LogP contribution in [0.3, 0.4) is 0 Å². The Morgan fingerprint density at radius 2 is 1.45 bits per heavy atom. The summed E-state index contributed by atoms with van der Waals surface area (Å²) in [5, 5.41) is 0. The molecule has 156 valence electrons. The van der Waals surface area contributed by atoms with Gasteiger partial charge in [-0.2, -0.15) is 0 Å². The van der Waals surface area contributed by atoms with E-state index in [0.29, 0.717) is 39.7 Å². The quantitative estimate of drug-likeness (QED) is 0.359. The summed E-state index contributed by atoms with van der Waals surface area (Å²) in [4.78, 5) is 31.1. The van der Waals surface area contributed by atoms with Gasteiger partial charge in [-0.3, -0.25) is 4.79 Å². The van der Waals surface area contributed by atoms with Crippen molar-refractivity contribution in [1.82, 2.24) is 0 Å². The van der Waals surface area contributed by atoms with Crippen LogP contribution in [0.25, 0.3) is 6.08 Å². The van der Waals surface area contributed by atoms with E-state index in [1.165, 1.54) is 28.4 Å². The van der Waals surface area contributed by atoms with E-state index >= 15 is 0 Å². The van der Waals surface area contributed by atoms with E-state index in [0.717, 1.165) is 0 Å². The second kappa shape index (κ2) is 10.1. The molecule has 0 radical (unpaired) electrons. The summed E-state index contributed by atoms with van der Waals surface area (Å²) < 4.78 is 26.0. The minimum Gasteiger partial charge on any atom is -0.493 e. The topological polar surface area (TPSA) is 104 Å². The molecule has 0 spiro atoms. The van der Waals surface area contributed by atoms with Gasteiger partial charge in [-0.05, 0) is 48.4 Å². The molecule has 0 bridgehead atoms. The van der Waals surface area contributed by atoms with Gasteiger partial charge >= 0.3 is 8.60 Å². The van der Waals surface area contributed by atoms with Gasteiger partial charge in [0.1, 0.15) is 0 Å². The third kappa shape index (κ3) is 5.38. The van der Waals surface area contributed by atoms with Crippen LogP contribution in [0.5, 0.6) is 28.7 Å². The molecule has 0 heterocycles. The smallest absolute Gasteiger partial charge is 0.391 e. The maximum atomic E-state index is 12.9. The van der Waals surface area contributed by atoms with Crippen LogP contribution in [0.4, 0.5) is 0 Å². The highest BCUT2D eigenvalue weighted by molar-refractivity contribution is 7.39. The number of ether oxygens (including phenoxy) is 4. The maximum absolute atomic E-state index is 12.9. The minimum atomic E-state index is -2.60. The van der Waals surface area contributed by atoms with Crippen molar-refractivity contribution >= 4 is 20.5 Å². The molecule has 0 aliphatic heterocycles. The summed E-state index contributed by atoms with van der Waals surface area (Å²) in [6, 6.07) is 8.03. The molecular formula is C20H23O8P. The van der Waals surface area contributed by atoms with Crippen molar-refractivity contribution in [2.75, 3.05) is 28.4 Å². The van der Waals surface area contributed by atoms with Gasteiger partial charge in [-0.25, -0.2) is 0 Å². The van der Waals surface area contributed by atoms with Crippen LogP contribution < -0.4 is 23.5 Å². The van der Waals surface area contributed by atoms with Crippen LogP contribution in [0.1, 0.15) is 22.8 Å². The SMILES string of the molecule is COc1ccc(/C=C(\C)C(=O)c2cc(OC)c(OC)c(OC)c2)cc1OP(O)O. The highest BCUT2D eigenvalue weighted by Crippen LogP contribution is 2.39. The highest BCUT2D eigenvalue weighted by Gasteiger charge is 2.18. The zero-order chi connectivity index (χ0) is 21.6. The molecular weight excluding hydrogens is 399 g/mol. The van der Waals surface area contributed by atoms with Crippen molar-refractivity contribution in [2.24, 2.45) is 0 Å². The van der Waals surface area contributed by atoms with Crippen LogP contribution in [0.2, 0.25) is 0 Å². The van der Waals surface area contributed by atoms with Crippen molar-refractivity contribution < 1.29 is 38.1 Å². The first kappa shape index (κ1) is 22.5. The predicted octanol–water partition coefficient (Wildman–Crippen LogP) is 3.60. The molecule has 0 aliphatic carbocycles. The molecule has 0 aromatic heterocycles. The van der Waals surface area contributed by atoms with Crippen molar-refractivity contribution in [2.45, 2.75) is 6.92 Å². The highest BCUT2D eigenvalue weighted by atomic mass is 31.2. The molecule has 2 N–H and O–H groups in total. The summed E-state index contributed by atoms with van der Waals surface area (Å²) in [5.74, 6) is 1.41. The first-order valence-electron chi connectivity index (χ1n) is 8.41. The number of carbonyl (C=O) groups is 1. The summed E-state index contributed by atoms with van der Waals surface area (Å²) in [6.45, 7) is 1.67. The second-order valence-electron chi connectivity index (χ2n) is 5.82. The maximum Gasteiger partial charge on any atom is 0.391 e. The number of ketones is 1. The number of allylic oxidation sites excluding steroid dienone is 1. The summed E-state index contributed by atoms with van der Waals surface area (Å²) >= 11 is 0. The van der Waals surface area contributed by atoms with Crippen LogP contribution in [-0.2, 0) is 0 Å². The monoisotopic (exact) mass is 422 g/mol. The largest absolute Gasteiger partial charge is 0.493 e. The Bertz CT molecular complexity index is 882. The molecule has 0 amide bonds. The van der Waals surface area contributed by atoms with Gasteiger partial charge in [-0.1, -0.05) is 6.07 Å². The number of rotatable bonds is 9. The average Bonchev–Trinajstić information content (AvgIpc) is 2.71. The number of carbonyl (C=O) groups excluding carboxylic acids is 1. The molecule has 0 aliphatic rings. The van der Waals surface area contributed by atoms with Gasteiger partial charge in [0.05, 0.1) is 28.4 Å². The predicted molar refractivity (Wildman–Crippen MR) is 109 cm³/mol. The lowest BCUT2D eigenvalue weighted by Crippen LogP contribution is -2.04. The lowest BCUT2D eigenvalue weighted by atomic mass is 10.0. The van der Waals surface area contributed by atoms with Crippen molar-refractivity contribution in [1.29, 1.82) is 0 Å². The fraction of sp³-hybridized carbons (Fsp3) is 0.250. The molecule has 0 atom stereocenters. The Kier molecular flexibility index (Phi) is 7.84. The van der Waals surface area contributed by atoms with E-state index in [4.69, 9.17) is 33.3 Å². The number of benzene rings is 2. The van der Waals surface area contributed by atoms with Crippen LogP contribution >= 0.6 is 8.60 Å². The van der Waals surface area contributed by atoms with Crippen LogP contribution in [0.15, 0.2) is 35.9 Å². The molecule has 0 unspecified atom stereocenters. The Morgan fingerprint density at radius 3 is 1.93 bits per heavy atom. The number of hydrogen-bond donors (Lipinski definition) is 2. The average molecular weight is 422 g/mol.